The summed E-state index contributed by atoms with van der Waals surface area (Å²) in [7, 11) is 0. The van der Waals surface area contributed by atoms with Crippen molar-refractivity contribution in [3.8, 4) is 5.75 Å². The maximum Gasteiger partial charge on any atom is 0.350 e. The van der Waals surface area contributed by atoms with Crippen molar-refractivity contribution in [3.63, 3.8) is 0 Å². The molecule has 0 spiro atoms. The Labute approximate surface area is 157 Å². The second kappa shape index (κ2) is 7.70. The van der Waals surface area contributed by atoms with Crippen molar-refractivity contribution >= 4 is 28.5 Å². The van der Waals surface area contributed by atoms with Crippen LogP contribution in [0.3, 0.4) is 0 Å². The van der Waals surface area contributed by atoms with Crippen molar-refractivity contribution in [1.29, 1.82) is 0 Å². The van der Waals surface area contributed by atoms with E-state index in [0.29, 0.717) is 11.9 Å². The van der Waals surface area contributed by atoms with Crippen LogP contribution in [-0.4, -0.2) is 23.3 Å². The number of amides is 1. The smallest absolute Gasteiger partial charge is 0.350 e. The van der Waals surface area contributed by atoms with E-state index in [2.05, 4.69) is 5.32 Å². The third kappa shape index (κ3) is 3.73. The number of nitrogens with zero attached hydrogens (tertiary/aromatic N) is 1. The van der Waals surface area contributed by atoms with Crippen molar-refractivity contribution in [3.05, 3.63) is 80.2 Å². The van der Waals surface area contributed by atoms with E-state index in [1.54, 1.807) is 6.92 Å². The van der Waals surface area contributed by atoms with Gasteiger partial charge in [0, 0.05) is 24.1 Å². The number of ether oxygens (including phenoxy) is 1. The molecule has 0 aliphatic carbocycles. The molecule has 0 atom stereocenters. The van der Waals surface area contributed by atoms with Gasteiger partial charge in [0.15, 0.2) is 0 Å². The highest BCUT2D eigenvalue weighted by Crippen LogP contribution is 2.24. The van der Waals surface area contributed by atoms with Crippen LogP contribution in [0.5, 0.6) is 5.75 Å². The molecule has 0 fully saturated rings. The Hall–Kier alpha value is -4.01. The lowest BCUT2D eigenvalue weighted by Gasteiger charge is -2.07. The van der Waals surface area contributed by atoms with E-state index in [-0.39, 0.29) is 28.1 Å². The summed E-state index contributed by atoms with van der Waals surface area (Å²) in [6, 6.07) is 11.0. The van der Waals surface area contributed by atoms with Crippen LogP contribution >= 0.6 is 0 Å². The number of nitro groups is 1. The summed E-state index contributed by atoms with van der Waals surface area (Å²) in [5.74, 6) is -1.44. The molecule has 0 saturated carbocycles. The topological polar surface area (TPSA) is 129 Å². The third-order valence-electron chi connectivity index (χ3n) is 3.82. The van der Waals surface area contributed by atoms with E-state index >= 15 is 0 Å². The zero-order valence-electron chi connectivity index (χ0n) is 14.6. The van der Waals surface area contributed by atoms with Crippen LogP contribution in [0.2, 0.25) is 0 Å². The number of carbonyl (C=O) groups is 2. The van der Waals surface area contributed by atoms with Crippen molar-refractivity contribution in [1.82, 2.24) is 5.32 Å². The standard InChI is InChI=1S/C19H14N2O7/c1-2-20-17(22)14-9-11-7-8-12(10-16(11)28-19(14)24)27-18(23)13-5-3-4-6-15(13)21(25)26/h3-10H,2H2,1H3,(H,20,22). The van der Waals surface area contributed by atoms with E-state index < -0.39 is 22.4 Å². The molecule has 0 saturated heterocycles. The summed E-state index contributed by atoms with van der Waals surface area (Å²) >= 11 is 0. The van der Waals surface area contributed by atoms with Gasteiger partial charge in [0.05, 0.1) is 4.92 Å². The number of esters is 1. The van der Waals surface area contributed by atoms with Gasteiger partial charge in [0.25, 0.3) is 11.6 Å². The minimum Gasteiger partial charge on any atom is -0.423 e. The molecule has 9 heteroatoms. The molecule has 28 heavy (non-hydrogen) atoms. The number of nitro benzene ring substituents is 1. The van der Waals surface area contributed by atoms with Crippen LogP contribution in [0, 0.1) is 10.1 Å². The van der Waals surface area contributed by atoms with Gasteiger partial charge < -0.3 is 14.5 Å². The molecule has 9 nitrogen and oxygen atoms in total. The van der Waals surface area contributed by atoms with Crippen LogP contribution in [0.15, 0.2) is 57.7 Å². The fraction of sp³-hybridized carbons (Fsp3) is 0.105. The summed E-state index contributed by atoms with van der Waals surface area (Å²) in [6.07, 6.45) is 0. The molecule has 0 radical (unpaired) electrons. The first-order valence-electron chi connectivity index (χ1n) is 8.22. The molecule has 3 rings (SSSR count). The van der Waals surface area contributed by atoms with E-state index in [1.807, 2.05) is 0 Å². The molecule has 1 N–H and O–H groups in total. The van der Waals surface area contributed by atoms with Crippen molar-refractivity contribution in [2.75, 3.05) is 6.54 Å². The lowest BCUT2D eigenvalue weighted by atomic mass is 10.1. The number of nitrogens with one attached hydrogen (secondary N) is 1. The molecule has 0 bridgehead atoms. The Bertz CT molecular complexity index is 1150. The van der Waals surface area contributed by atoms with Crippen LogP contribution < -0.4 is 15.7 Å². The Balaban J connectivity index is 1.92. The summed E-state index contributed by atoms with van der Waals surface area (Å²) in [5, 5.41) is 14.0. The van der Waals surface area contributed by atoms with Gasteiger partial charge >= 0.3 is 11.6 Å². The maximum absolute atomic E-state index is 12.3. The molecule has 3 aromatic rings. The zero-order chi connectivity index (χ0) is 20.3. The number of rotatable bonds is 5. The van der Waals surface area contributed by atoms with E-state index in [1.165, 1.54) is 48.5 Å². The summed E-state index contributed by atoms with van der Waals surface area (Å²) in [6.45, 7) is 2.08. The van der Waals surface area contributed by atoms with Crippen LogP contribution in [0.4, 0.5) is 5.69 Å². The van der Waals surface area contributed by atoms with E-state index in [9.17, 15) is 24.5 Å². The Morgan fingerprint density at radius 3 is 2.61 bits per heavy atom. The molecule has 142 valence electrons. The van der Waals surface area contributed by atoms with Crippen LogP contribution in [0.1, 0.15) is 27.6 Å². The van der Waals surface area contributed by atoms with Crippen LogP contribution in [-0.2, 0) is 0 Å². The molecule has 1 heterocycles. The highest BCUT2D eigenvalue weighted by molar-refractivity contribution is 5.97. The summed E-state index contributed by atoms with van der Waals surface area (Å²) in [5.41, 5.74) is -1.46. The maximum atomic E-state index is 12.3. The molecule has 0 unspecified atom stereocenters. The van der Waals surface area contributed by atoms with E-state index in [4.69, 9.17) is 9.15 Å². The van der Waals surface area contributed by atoms with Gasteiger partial charge in [-0.15, -0.1) is 0 Å². The minimum absolute atomic E-state index is 0.0320. The van der Waals surface area contributed by atoms with Gasteiger partial charge in [-0.05, 0) is 31.2 Å². The summed E-state index contributed by atoms with van der Waals surface area (Å²) in [4.78, 5) is 46.5. The van der Waals surface area contributed by atoms with Gasteiger partial charge in [-0.25, -0.2) is 9.59 Å². The normalized spacial score (nSPS) is 10.5. The van der Waals surface area contributed by atoms with Gasteiger partial charge in [0.1, 0.15) is 22.5 Å². The number of hydrogen-bond acceptors (Lipinski definition) is 7. The number of hydrogen-bond donors (Lipinski definition) is 1. The third-order valence-corrected chi connectivity index (χ3v) is 3.82. The molecule has 1 aromatic heterocycles. The quantitative estimate of drug-likeness (QED) is 0.236. The van der Waals surface area contributed by atoms with Crippen LogP contribution in [0.25, 0.3) is 11.0 Å². The lowest BCUT2D eigenvalue weighted by molar-refractivity contribution is -0.385. The first-order chi connectivity index (χ1) is 13.4. The minimum atomic E-state index is -0.923. The Kier molecular flexibility index (Phi) is 5.16. The highest BCUT2D eigenvalue weighted by Gasteiger charge is 2.21. The Morgan fingerprint density at radius 1 is 1.14 bits per heavy atom. The first-order valence-corrected chi connectivity index (χ1v) is 8.22. The lowest BCUT2D eigenvalue weighted by Crippen LogP contribution is -2.27. The summed E-state index contributed by atoms with van der Waals surface area (Å²) < 4.78 is 10.3. The highest BCUT2D eigenvalue weighted by atomic mass is 16.6. The Morgan fingerprint density at radius 2 is 1.89 bits per heavy atom. The van der Waals surface area contributed by atoms with Gasteiger partial charge in [-0.1, -0.05) is 12.1 Å². The van der Waals surface area contributed by atoms with Gasteiger partial charge in [-0.3, -0.25) is 14.9 Å². The monoisotopic (exact) mass is 382 g/mol. The molecule has 2 aromatic carbocycles. The molecule has 1 amide bonds. The largest absolute Gasteiger partial charge is 0.423 e. The molecule has 0 aliphatic heterocycles. The van der Waals surface area contributed by atoms with E-state index in [0.717, 1.165) is 0 Å². The second-order valence-electron chi connectivity index (χ2n) is 5.67. The number of fused-ring (bicyclic) bond motifs is 1. The van der Waals surface area contributed by atoms with Gasteiger partial charge in [0.2, 0.25) is 0 Å². The SMILES string of the molecule is CCNC(=O)c1cc2ccc(OC(=O)c3ccccc3[N+](=O)[O-])cc2oc1=O. The predicted octanol–water partition coefficient (Wildman–Crippen LogP) is 2.67. The molecular weight excluding hydrogens is 368 g/mol. The molecule has 0 aliphatic rings. The fourth-order valence-corrected chi connectivity index (χ4v) is 2.54. The van der Waals surface area contributed by atoms with Crippen molar-refractivity contribution < 1.29 is 23.7 Å². The second-order valence-corrected chi connectivity index (χ2v) is 5.67. The van der Waals surface area contributed by atoms with Gasteiger partial charge in [-0.2, -0.15) is 0 Å². The predicted molar refractivity (Wildman–Crippen MR) is 98.5 cm³/mol. The van der Waals surface area contributed by atoms with Crippen molar-refractivity contribution in [2.24, 2.45) is 0 Å². The number of carbonyl (C=O) groups excluding carboxylic acids is 2. The number of benzene rings is 2. The molecular formula is C19H14N2O7. The first kappa shape index (κ1) is 18.8. The fourth-order valence-electron chi connectivity index (χ4n) is 2.54. The average Bonchev–Trinajstić information content (AvgIpc) is 2.67. The zero-order valence-corrected chi connectivity index (χ0v) is 14.6. The average molecular weight is 382 g/mol. The van der Waals surface area contributed by atoms with Crippen molar-refractivity contribution in [2.45, 2.75) is 6.92 Å². The number of para-hydroxylation sites is 1.